The van der Waals surface area contributed by atoms with Crippen molar-refractivity contribution in [1.82, 2.24) is 5.32 Å². The van der Waals surface area contributed by atoms with E-state index < -0.39 is 0 Å². The molecular formula is C14H22N2O. The summed E-state index contributed by atoms with van der Waals surface area (Å²) in [5, 5.41) is 6.22. The monoisotopic (exact) mass is 234 g/mol. The highest BCUT2D eigenvalue weighted by Gasteiger charge is 2.02. The smallest absolute Gasteiger partial charge is 0.224 e. The summed E-state index contributed by atoms with van der Waals surface area (Å²) in [5.41, 5.74) is 2.16. The van der Waals surface area contributed by atoms with Gasteiger partial charge >= 0.3 is 0 Å². The molecule has 0 aliphatic carbocycles. The van der Waals surface area contributed by atoms with Crippen molar-refractivity contribution in [3.05, 3.63) is 29.8 Å². The third-order valence-corrected chi connectivity index (χ3v) is 2.65. The van der Waals surface area contributed by atoms with Gasteiger partial charge in [0.2, 0.25) is 5.91 Å². The van der Waals surface area contributed by atoms with Gasteiger partial charge in [-0.25, -0.2) is 0 Å². The number of amides is 1. The summed E-state index contributed by atoms with van der Waals surface area (Å²) in [4.78, 5) is 11.2. The van der Waals surface area contributed by atoms with E-state index in [0.29, 0.717) is 12.5 Å². The second kappa shape index (κ2) is 7.07. The highest BCUT2D eigenvalue weighted by molar-refractivity contribution is 5.90. The molecule has 0 fully saturated rings. The number of hydrogen-bond acceptors (Lipinski definition) is 2. The van der Waals surface area contributed by atoms with Gasteiger partial charge in [0.15, 0.2) is 0 Å². The summed E-state index contributed by atoms with van der Waals surface area (Å²) in [5.74, 6) is 0.0544. The highest BCUT2D eigenvalue weighted by atomic mass is 16.1. The van der Waals surface area contributed by atoms with E-state index in [-0.39, 0.29) is 5.91 Å². The van der Waals surface area contributed by atoms with Crippen LogP contribution >= 0.6 is 0 Å². The van der Waals surface area contributed by atoms with Crippen LogP contribution in [0.1, 0.15) is 32.8 Å². The molecule has 1 aromatic rings. The Kier molecular flexibility index (Phi) is 5.70. The van der Waals surface area contributed by atoms with E-state index in [1.807, 2.05) is 19.1 Å². The van der Waals surface area contributed by atoms with Gasteiger partial charge in [-0.1, -0.05) is 26.0 Å². The van der Waals surface area contributed by atoms with Crippen molar-refractivity contribution < 1.29 is 4.79 Å². The molecule has 0 aliphatic heterocycles. The minimum atomic E-state index is 0.0544. The summed E-state index contributed by atoms with van der Waals surface area (Å²) in [6, 6.07) is 8.54. The van der Waals surface area contributed by atoms with Gasteiger partial charge in [-0.05, 0) is 37.6 Å². The molecule has 0 aliphatic rings. The van der Waals surface area contributed by atoms with Crippen LogP contribution in [-0.2, 0) is 11.2 Å². The lowest BCUT2D eigenvalue weighted by Gasteiger charge is -2.12. The number of hydrogen-bond donors (Lipinski definition) is 2. The summed E-state index contributed by atoms with van der Waals surface area (Å²) in [7, 11) is 0. The Bertz CT molecular complexity index is 346. The molecule has 3 heteroatoms. The van der Waals surface area contributed by atoms with E-state index in [9.17, 15) is 4.79 Å². The zero-order valence-corrected chi connectivity index (χ0v) is 10.9. The van der Waals surface area contributed by atoms with Crippen LogP contribution in [0.25, 0.3) is 0 Å². The lowest BCUT2D eigenvalue weighted by Crippen LogP contribution is -2.27. The van der Waals surface area contributed by atoms with Crippen molar-refractivity contribution in [3.63, 3.8) is 0 Å². The summed E-state index contributed by atoms with van der Waals surface area (Å²) >= 11 is 0. The maximum absolute atomic E-state index is 11.2. The molecule has 94 valence electrons. The first kappa shape index (κ1) is 13.7. The number of carbonyl (C=O) groups is 1. The van der Waals surface area contributed by atoms with Crippen LogP contribution in [0.2, 0.25) is 0 Å². The van der Waals surface area contributed by atoms with Gasteiger partial charge in [0, 0.05) is 18.2 Å². The fourth-order valence-electron chi connectivity index (χ4n) is 1.75. The molecule has 0 spiro atoms. The standard InChI is InChI=1S/C14H22N2O/c1-4-14(17)16-13-8-6-12(7-9-13)10-11(3)15-5-2/h6-9,11,15H,4-5,10H2,1-3H3,(H,16,17). The largest absolute Gasteiger partial charge is 0.326 e. The molecule has 0 bridgehead atoms. The Morgan fingerprint density at radius 1 is 1.24 bits per heavy atom. The normalized spacial score (nSPS) is 12.2. The predicted octanol–water partition coefficient (Wildman–Crippen LogP) is 2.58. The maximum Gasteiger partial charge on any atom is 0.224 e. The van der Waals surface area contributed by atoms with Crippen LogP contribution in [-0.4, -0.2) is 18.5 Å². The summed E-state index contributed by atoms with van der Waals surface area (Å²) in [6.07, 6.45) is 1.52. The molecule has 0 saturated heterocycles. The van der Waals surface area contributed by atoms with Crippen molar-refractivity contribution in [1.29, 1.82) is 0 Å². The first-order valence-corrected chi connectivity index (χ1v) is 6.27. The molecule has 0 aromatic heterocycles. The number of carbonyl (C=O) groups excluding carboxylic acids is 1. The zero-order valence-electron chi connectivity index (χ0n) is 10.9. The number of benzene rings is 1. The molecule has 0 radical (unpaired) electrons. The summed E-state index contributed by atoms with van der Waals surface area (Å²) in [6.45, 7) is 7.13. The zero-order chi connectivity index (χ0) is 12.7. The van der Waals surface area contributed by atoms with Crippen molar-refractivity contribution in [3.8, 4) is 0 Å². The van der Waals surface area contributed by atoms with Crippen LogP contribution in [0.3, 0.4) is 0 Å². The average molecular weight is 234 g/mol. The lowest BCUT2D eigenvalue weighted by atomic mass is 10.1. The molecule has 3 nitrogen and oxygen atoms in total. The topological polar surface area (TPSA) is 41.1 Å². The van der Waals surface area contributed by atoms with E-state index in [1.165, 1.54) is 5.56 Å². The third-order valence-electron chi connectivity index (χ3n) is 2.65. The van der Waals surface area contributed by atoms with E-state index in [0.717, 1.165) is 18.7 Å². The fraction of sp³-hybridized carbons (Fsp3) is 0.500. The van der Waals surface area contributed by atoms with Gasteiger partial charge < -0.3 is 10.6 Å². The molecule has 1 aromatic carbocycles. The molecule has 17 heavy (non-hydrogen) atoms. The summed E-state index contributed by atoms with van der Waals surface area (Å²) < 4.78 is 0. The van der Waals surface area contributed by atoms with E-state index in [2.05, 4.69) is 36.6 Å². The van der Waals surface area contributed by atoms with Crippen LogP contribution in [0, 0.1) is 0 Å². The number of anilines is 1. The molecular weight excluding hydrogens is 212 g/mol. The minimum absolute atomic E-state index is 0.0544. The Balaban J connectivity index is 2.52. The van der Waals surface area contributed by atoms with Crippen molar-refractivity contribution in [2.24, 2.45) is 0 Å². The average Bonchev–Trinajstić information content (AvgIpc) is 2.32. The first-order chi connectivity index (χ1) is 8.15. The maximum atomic E-state index is 11.2. The van der Waals surface area contributed by atoms with Crippen molar-refractivity contribution in [2.75, 3.05) is 11.9 Å². The molecule has 1 unspecified atom stereocenters. The second-order valence-corrected chi connectivity index (χ2v) is 4.26. The van der Waals surface area contributed by atoms with Crippen LogP contribution in [0.15, 0.2) is 24.3 Å². The quantitative estimate of drug-likeness (QED) is 0.794. The third kappa shape index (κ3) is 5.00. The second-order valence-electron chi connectivity index (χ2n) is 4.26. The Morgan fingerprint density at radius 2 is 1.88 bits per heavy atom. The first-order valence-electron chi connectivity index (χ1n) is 6.27. The van der Waals surface area contributed by atoms with Crippen molar-refractivity contribution >= 4 is 11.6 Å². The van der Waals surface area contributed by atoms with Gasteiger partial charge in [0.25, 0.3) is 0 Å². The van der Waals surface area contributed by atoms with Gasteiger partial charge in [-0.15, -0.1) is 0 Å². The van der Waals surface area contributed by atoms with Crippen LogP contribution in [0.4, 0.5) is 5.69 Å². The lowest BCUT2D eigenvalue weighted by molar-refractivity contribution is -0.115. The van der Waals surface area contributed by atoms with E-state index in [4.69, 9.17) is 0 Å². The van der Waals surface area contributed by atoms with Gasteiger partial charge in [-0.2, -0.15) is 0 Å². The van der Waals surface area contributed by atoms with Gasteiger partial charge in [0.1, 0.15) is 0 Å². The number of likely N-dealkylation sites (N-methyl/N-ethyl adjacent to an activating group) is 1. The Labute approximate surface area is 104 Å². The Hall–Kier alpha value is -1.35. The fourth-order valence-corrected chi connectivity index (χ4v) is 1.75. The SMILES string of the molecule is CCNC(C)Cc1ccc(NC(=O)CC)cc1. The van der Waals surface area contributed by atoms with Crippen LogP contribution < -0.4 is 10.6 Å². The molecule has 1 atom stereocenters. The molecule has 1 amide bonds. The predicted molar refractivity (Wildman–Crippen MR) is 72.2 cm³/mol. The van der Waals surface area contributed by atoms with Gasteiger partial charge in [0.05, 0.1) is 0 Å². The minimum Gasteiger partial charge on any atom is -0.326 e. The Morgan fingerprint density at radius 3 is 2.41 bits per heavy atom. The van der Waals surface area contributed by atoms with E-state index >= 15 is 0 Å². The van der Waals surface area contributed by atoms with Crippen LogP contribution in [0.5, 0.6) is 0 Å². The highest BCUT2D eigenvalue weighted by Crippen LogP contribution is 2.11. The van der Waals surface area contributed by atoms with Crippen molar-refractivity contribution in [2.45, 2.75) is 39.7 Å². The molecule has 1 rings (SSSR count). The number of rotatable bonds is 6. The number of nitrogens with one attached hydrogen (secondary N) is 2. The molecule has 2 N–H and O–H groups in total. The molecule has 0 heterocycles. The van der Waals surface area contributed by atoms with Gasteiger partial charge in [-0.3, -0.25) is 4.79 Å². The molecule has 0 saturated carbocycles. The van der Waals surface area contributed by atoms with E-state index in [1.54, 1.807) is 0 Å².